The van der Waals surface area contributed by atoms with Gasteiger partial charge in [-0.1, -0.05) is 30.3 Å². The number of nitrogens with two attached hydrogens (primary N) is 1. The zero-order chi connectivity index (χ0) is 15.2. The van der Waals surface area contributed by atoms with Crippen LogP contribution in [-0.4, -0.2) is 35.8 Å². The summed E-state index contributed by atoms with van der Waals surface area (Å²) in [6.07, 6.45) is 1.79. The number of halogens is 1. The van der Waals surface area contributed by atoms with Gasteiger partial charge in [0.15, 0.2) is 0 Å². The lowest BCUT2D eigenvalue weighted by atomic mass is 10.0. The molecule has 3 N–H and O–H groups in total. The van der Waals surface area contributed by atoms with Crippen LogP contribution >= 0.6 is 12.4 Å². The molecule has 122 valence electrons. The van der Waals surface area contributed by atoms with Crippen LogP contribution in [0, 0.1) is 0 Å². The maximum atomic E-state index is 12.0. The summed E-state index contributed by atoms with van der Waals surface area (Å²) in [5.41, 5.74) is 6.99. The average Bonchev–Trinajstić information content (AvgIpc) is 2.84. The number of nitrogens with zero attached hydrogens (tertiary/aromatic N) is 1. The van der Waals surface area contributed by atoms with E-state index in [9.17, 15) is 9.59 Å². The largest absolute Gasteiger partial charge is 0.352 e. The molecule has 0 saturated carbocycles. The number of rotatable bonds is 6. The van der Waals surface area contributed by atoms with Crippen LogP contribution in [0.2, 0.25) is 0 Å². The van der Waals surface area contributed by atoms with Gasteiger partial charge < -0.3 is 16.0 Å². The maximum absolute atomic E-state index is 12.0. The Kier molecular flexibility index (Phi) is 7.35. The minimum absolute atomic E-state index is 0. The molecule has 6 heteroatoms. The average molecular weight is 326 g/mol. The summed E-state index contributed by atoms with van der Waals surface area (Å²) in [5.74, 6) is 0.0996. The second kappa shape index (κ2) is 8.76. The second-order valence-electron chi connectivity index (χ2n) is 5.63. The van der Waals surface area contributed by atoms with Crippen molar-refractivity contribution in [2.75, 3.05) is 13.1 Å². The minimum atomic E-state index is -0.299. The molecule has 1 saturated heterocycles. The van der Waals surface area contributed by atoms with Gasteiger partial charge in [-0.3, -0.25) is 9.59 Å². The Labute approximate surface area is 137 Å². The standard InChI is InChI=1S/C16H23N3O2.ClH/c1-12(11-19-9-5-8-16(19)21)18-15(20)10-14(17)13-6-3-2-4-7-13;/h2-4,6-7,12,14H,5,8-11,17H2,1H3,(H,18,20);1H. The molecule has 1 aliphatic heterocycles. The number of hydrogen-bond acceptors (Lipinski definition) is 3. The first-order valence-corrected chi connectivity index (χ1v) is 7.44. The summed E-state index contributed by atoms with van der Waals surface area (Å²) in [5, 5.41) is 2.92. The monoisotopic (exact) mass is 325 g/mol. The lowest BCUT2D eigenvalue weighted by Crippen LogP contribution is -2.43. The summed E-state index contributed by atoms with van der Waals surface area (Å²) >= 11 is 0. The van der Waals surface area contributed by atoms with E-state index < -0.39 is 0 Å². The molecule has 0 bridgehead atoms. The molecule has 1 fully saturated rings. The first kappa shape index (κ1) is 18.5. The number of nitrogens with one attached hydrogen (secondary N) is 1. The predicted octanol–water partition coefficient (Wildman–Crippen LogP) is 1.63. The summed E-state index contributed by atoms with van der Waals surface area (Å²) in [6.45, 7) is 3.28. The Hall–Kier alpha value is -1.59. The number of hydrogen-bond donors (Lipinski definition) is 2. The maximum Gasteiger partial charge on any atom is 0.222 e. The first-order valence-electron chi connectivity index (χ1n) is 7.44. The Morgan fingerprint density at radius 1 is 1.36 bits per heavy atom. The van der Waals surface area contributed by atoms with E-state index in [2.05, 4.69) is 5.32 Å². The molecule has 0 aliphatic carbocycles. The van der Waals surface area contributed by atoms with Crippen molar-refractivity contribution >= 4 is 24.2 Å². The van der Waals surface area contributed by atoms with Crippen molar-refractivity contribution in [3.63, 3.8) is 0 Å². The molecule has 22 heavy (non-hydrogen) atoms. The Morgan fingerprint density at radius 2 is 2.05 bits per heavy atom. The van der Waals surface area contributed by atoms with Gasteiger partial charge >= 0.3 is 0 Å². The molecule has 1 aromatic rings. The molecule has 5 nitrogen and oxygen atoms in total. The topological polar surface area (TPSA) is 75.4 Å². The molecular formula is C16H24ClN3O2. The quantitative estimate of drug-likeness (QED) is 0.834. The van der Waals surface area contributed by atoms with Crippen LogP contribution in [0.25, 0.3) is 0 Å². The highest BCUT2D eigenvalue weighted by atomic mass is 35.5. The van der Waals surface area contributed by atoms with E-state index in [0.29, 0.717) is 13.0 Å². The third kappa shape index (κ3) is 5.31. The van der Waals surface area contributed by atoms with Gasteiger partial charge in [-0.15, -0.1) is 12.4 Å². The van der Waals surface area contributed by atoms with Crippen molar-refractivity contribution in [1.29, 1.82) is 0 Å². The van der Waals surface area contributed by atoms with Crippen LogP contribution in [0.3, 0.4) is 0 Å². The van der Waals surface area contributed by atoms with Gasteiger partial charge in [-0.2, -0.15) is 0 Å². The van der Waals surface area contributed by atoms with Crippen LogP contribution in [0.1, 0.15) is 37.8 Å². The zero-order valence-corrected chi connectivity index (χ0v) is 13.6. The van der Waals surface area contributed by atoms with Crippen molar-refractivity contribution in [1.82, 2.24) is 10.2 Å². The number of amides is 2. The number of carbonyl (C=O) groups is 2. The Bertz CT molecular complexity index is 495. The van der Waals surface area contributed by atoms with Crippen molar-refractivity contribution in [2.24, 2.45) is 5.73 Å². The lowest BCUT2D eigenvalue weighted by molar-refractivity contribution is -0.129. The van der Waals surface area contributed by atoms with Crippen molar-refractivity contribution in [2.45, 2.75) is 38.3 Å². The minimum Gasteiger partial charge on any atom is -0.352 e. The van der Waals surface area contributed by atoms with Crippen LogP contribution in [0.4, 0.5) is 0 Å². The molecule has 1 heterocycles. The summed E-state index contributed by atoms with van der Waals surface area (Å²) in [7, 11) is 0. The number of carbonyl (C=O) groups excluding carboxylic acids is 2. The molecular weight excluding hydrogens is 302 g/mol. The highest BCUT2D eigenvalue weighted by Gasteiger charge is 2.22. The van der Waals surface area contributed by atoms with E-state index in [1.54, 1.807) is 0 Å². The SMILES string of the molecule is CC(CN1CCCC1=O)NC(=O)CC(N)c1ccccc1.Cl. The number of likely N-dealkylation sites (tertiary alicyclic amines) is 1. The third-order valence-corrected chi connectivity index (χ3v) is 3.71. The van der Waals surface area contributed by atoms with E-state index in [0.717, 1.165) is 18.5 Å². The molecule has 0 spiro atoms. The predicted molar refractivity (Wildman–Crippen MR) is 88.7 cm³/mol. The molecule has 0 radical (unpaired) electrons. The van der Waals surface area contributed by atoms with Crippen molar-refractivity contribution in [3.8, 4) is 0 Å². The van der Waals surface area contributed by atoms with E-state index in [4.69, 9.17) is 5.73 Å². The highest BCUT2D eigenvalue weighted by Crippen LogP contribution is 2.13. The van der Waals surface area contributed by atoms with E-state index >= 15 is 0 Å². The fourth-order valence-corrected chi connectivity index (χ4v) is 2.62. The molecule has 2 unspecified atom stereocenters. The molecule has 1 aliphatic rings. The molecule has 2 rings (SSSR count). The summed E-state index contributed by atoms with van der Waals surface area (Å²) in [6, 6.07) is 9.23. The van der Waals surface area contributed by atoms with E-state index in [1.165, 1.54) is 0 Å². The summed E-state index contributed by atoms with van der Waals surface area (Å²) < 4.78 is 0. The highest BCUT2D eigenvalue weighted by molar-refractivity contribution is 5.85. The summed E-state index contributed by atoms with van der Waals surface area (Å²) in [4.78, 5) is 25.4. The fourth-order valence-electron chi connectivity index (χ4n) is 2.62. The smallest absolute Gasteiger partial charge is 0.222 e. The normalized spacial score (nSPS) is 16.8. The van der Waals surface area contributed by atoms with E-state index in [1.807, 2.05) is 42.2 Å². The van der Waals surface area contributed by atoms with Crippen molar-refractivity contribution < 1.29 is 9.59 Å². The van der Waals surface area contributed by atoms with Gasteiger partial charge in [-0.25, -0.2) is 0 Å². The van der Waals surface area contributed by atoms with Gasteiger partial charge in [0.05, 0.1) is 0 Å². The molecule has 2 amide bonds. The van der Waals surface area contributed by atoms with Crippen LogP contribution in [0.5, 0.6) is 0 Å². The Balaban J connectivity index is 0.00000242. The van der Waals surface area contributed by atoms with Crippen LogP contribution < -0.4 is 11.1 Å². The number of benzene rings is 1. The molecule has 0 aromatic heterocycles. The van der Waals surface area contributed by atoms with Crippen LogP contribution in [0.15, 0.2) is 30.3 Å². The van der Waals surface area contributed by atoms with Gasteiger partial charge in [0.1, 0.15) is 0 Å². The molecule has 1 aromatic carbocycles. The van der Waals surface area contributed by atoms with Gasteiger partial charge in [0.2, 0.25) is 11.8 Å². The first-order chi connectivity index (χ1) is 10.1. The molecule has 2 atom stereocenters. The van der Waals surface area contributed by atoms with Crippen LogP contribution in [-0.2, 0) is 9.59 Å². The second-order valence-corrected chi connectivity index (χ2v) is 5.63. The van der Waals surface area contributed by atoms with Gasteiger partial charge in [0.25, 0.3) is 0 Å². The zero-order valence-electron chi connectivity index (χ0n) is 12.8. The third-order valence-electron chi connectivity index (χ3n) is 3.71. The fraction of sp³-hybridized carbons (Fsp3) is 0.500. The lowest BCUT2D eigenvalue weighted by Gasteiger charge is -2.22. The van der Waals surface area contributed by atoms with Gasteiger partial charge in [0, 0.05) is 38.0 Å². The van der Waals surface area contributed by atoms with Gasteiger partial charge in [-0.05, 0) is 18.9 Å². The van der Waals surface area contributed by atoms with Crippen molar-refractivity contribution in [3.05, 3.63) is 35.9 Å². The Morgan fingerprint density at radius 3 is 2.64 bits per heavy atom. The van der Waals surface area contributed by atoms with E-state index in [-0.39, 0.29) is 42.7 Å².